The summed E-state index contributed by atoms with van der Waals surface area (Å²) in [5.74, 6) is 1.52. The van der Waals surface area contributed by atoms with Gasteiger partial charge >= 0.3 is 0 Å². The van der Waals surface area contributed by atoms with Crippen molar-refractivity contribution in [1.82, 2.24) is 20.6 Å². The number of hydrogen-bond donors (Lipinski definition) is 2. The number of nitrogens with one attached hydrogen (secondary N) is 2. The summed E-state index contributed by atoms with van der Waals surface area (Å²) in [5.41, 5.74) is 0.533. The number of methoxy groups -OCH3 is 1. The zero-order chi connectivity index (χ0) is 19.5. The molecule has 2 atom stereocenters. The number of allylic oxidation sites excluding steroid dienone is 2. The molecule has 2 unspecified atom stereocenters. The lowest BCUT2D eigenvalue weighted by Gasteiger charge is -2.25. The van der Waals surface area contributed by atoms with Crippen molar-refractivity contribution in [3.05, 3.63) is 36.1 Å². The van der Waals surface area contributed by atoms with Crippen LogP contribution in [0.15, 0.2) is 34.8 Å². The number of amides is 1. The van der Waals surface area contributed by atoms with E-state index in [9.17, 15) is 4.79 Å². The molecule has 2 heterocycles. The summed E-state index contributed by atoms with van der Waals surface area (Å²) in [5, 5.41) is 16.4. The van der Waals surface area contributed by atoms with Gasteiger partial charge in [0, 0.05) is 0 Å². The van der Waals surface area contributed by atoms with Gasteiger partial charge in [-0.25, -0.2) is 0 Å². The number of tetrazole rings is 1. The number of hydrogen-bond acceptors (Lipinski definition) is 7. The number of aromatic amines is 1. The molecule has 9 heteroatoms. The predicted octanol–water partition coefficient (Wildman–Crippen LogP) is 3.19. The van der Waals surface area contributed by atoms with Crippen LogP contribution in [0.25, 0.3) is 11.0 Å². The van der Waals surface area contributed by atoms with Gasteiger partial charge in [0.1, 0.15) is 11.3 Å². The van der Waals surface area contributed by atoms with Gasteiger partial charge in [0.2, 0.25) is 5.76 Å². The van der Waals surface area contributed by atoms with E-state index in [1.807, 2.05) is 0 Å². The van der Waals surface area contributed by atoms with E-state index >= 15 is 0 Å². The second-order valence-corrected chi connectivity index (χ2v) is 6.80. The predicted molar refractivity (Wildman–Crippen MR) is 101 cm³/mol. The summed E-state index contributed by atoms with van der Waals surface area (Å²) >= 11 is 0. The van der Waals surface area contributed by atoms with E-state index in [1.165, 1.54) is 0 Å². The van der Waals surface area contributed by atoms with Crippen LogP contribution in [0.3, 0.4) is 0 Å². The first-order valence-corrected chi connectivity index (χ1v) is 9.09. The Morgan fingerprint density at radius 1 is 1.36 bits per heavy atom. The number of benzene rings is 1. The van der Waals surface area contributed by atoms with Crippen LogP contribution in [0.4, 0.5) is 5.95 Å². The fourth-order valence-corrected chi connectivity index (χ4v) is 3.28. The molecule has 0 spiro atoms. The largest absolute Gasteiger partial charge is 0.497 e. The van der Waals surface area contributed by atoms with E-state index in [0.717, 1.165) is 12.8 Å². The molecule has 2 N–H and O–H groups in total. The fraction of sp³-hybridized carbons (Fsp3) is 0.368. The van der Waals surface area contributed by atoms with E-state index < -0.39 is 5.91 Å². The van der Waals surface area contributed by atoms with Gasteiger partial charge in [0.15, 0.2) is 5.75 Å². The molecule has 2 aromatic heterocycles. The van der Waals surface area contributed by atoms with Crippen molar-refractivity contribution in [2.45, 2.75) is 19.8 Å². The number of nitrogens with zero attached hydrogens (tertiary/aromatic N) is 3. The Balaban J connectivity index is 1.66. The number of carbonyl (C=O) groups excluding carboxylic acids is 1. The SMILES string of the molecule is COc1ccc2oc(C(=O)Nc3nn[nH]n3)c(OCC3CC=CCC3C)c2c1. The average molecular weight is 383 g/mol. The van der Waals surface area contributed by atoms with Crippen LogP contribution in [-0.2, 0) is 0 Å². The van der Waals surface area contributed by atoms with Crippen LogP contribution >= 0.6 is 0 Å². The van der Waals surface area contributed by atoms with Gasteiger partial charge in [0.05, 0.1) is 19.1 Å². The van der Waals surface area contributed by atoms with Crippen molar-refractivity contribution in [3.8, 4) is 11.5 Å². The summed E-state index contributed by atoms with van der Waals surface area (Å²) in [6.45, 7) is 2.69. The Morgan fingerprint density at radius 3 is 2.96 bits per heavy atom. The van der Waals surface area contributed by atoms with Crippen molar-refractivity contribution < 1.29 is 18.7 Å². The zero-order valence-corrected chi connectivity index (χ0v) is 15.6. The quantitative estimate of drug-likeness (QED) is 0.628. The Bertz CT molecular complexity index is 995. The highest BCUT2D eigenvalue weighted by atomic mass is 16.5. The number of aromatic nitrogens is 4. The van der Waals surface area contributed by atoms with Crippen LogP contribution in [0.5, 0.6) is 11.5 Å². The van der Waals surface area contributed by atoms with Crippen molar-refractivity contribution in [2.75, 3.05) is 19.0 Å². The molecule has 1 aliphatic carbocycles. The van der Waals surface area contributed by atoms with E-state index in [4.69, 9.17) is 13.9 Å². The average Bonchev–Trinajstić information content (AvgIpc) is 3.34. The molecular weight excluding hydrogens is 362 g/mol. The van der Waals surface area contributed by atoms with Crippen molar-refractivity contribution >= 4 is 22.8 Å². The first-order valence-electron chi connectivity index (χ1n) is 9.09. The third kappa shape index (κ3) is 3.55. The Labute approximate surface area is 161 Å². The molecule has 4 rings (SSSR count). The minimum Gasteiger partial charge on any atom is -0.497 e. The Kier molecular flexibility index (Phi) is 4.96. The molecule has 0 radical (unpaired) electrons. The first-order chi connectivity index (χ1) is 13.7. The molecule has 146 valence electrons. The molecule has 0 aliphatic heterocycles. The van der Waals surface area contributed by atoms with E-state index in [-0.39, 0.29) is 11.7 Å². The molecule has 9 nitrogen and oxygen atoms in total. The van der Waals surface area contributed by atoms with Crippen LogP contribution in [-0.4, -0.2) is 40.2 Å². The zero-order valence-electron chi connectivity index (χ0n) is 15.6. The minimum absolute atomic E-state index is 0.0556. The molecular formula is C19H21N5O4. The fourth-order valence-electron chi connectivity index (χ4n) is 3.28. The second-order valence-electron chi connectivity index (χ2n) is 6.80. The van der Waals surface area contributed by atoms with Crippen LogP contribution in [0.1, 0.15) is 30.3 Å². The normalized spacial score (nSPS) is 18.9. The summed E-state index contributed by atoms with van der Waals surface area (Å²) in [6.07, 6.45) is 6.35. The number of rotatable bonds is 6. The van der Waals surface area contributed by atoms with Crippen LogP contribution in [0, 0.1) is 11.8 Å². The number of furan rings is 1. The van der Waals surface area contributed by atoms with Crippen molar-refractivity contribution in [2.24, 2.45) is 11.8 Å². The van der Waals surface area contributed by atoms with Gasteiger partial charge < -0.3 is 13.9 Å². The monoisotopic (exact) mass is 383 g/mol. The summed E-state index contributed by atoms with van der Waals surface area (Å²) < 4.78 is 17.2. The van der Waals surface area contributed by atoms with E-state index in [2.05, 4.69) is 45.0 Å². The second kappa shape index (κ2) is 7.71. The highest BCUT2D eigenvalue weighted by molar-refractivity contribution is 6.07. The summed E-state index contributed by atoms with van der Waals surface area (Å²) in [4.78, 5) is 12.7. The molecule has 0 saturated heterocycles. The standard InChI is InChI=1S/C19H21N5O4/c1-11-5-3-4-6-12(11)10-27-16-14-9-13(26-2)7-8-15(14)28-17(16)18(25)20-19-21-23-24-22-19/h3-4,7-9,11-12H,5-6,10H2,1-2H3,(H2,20,21,22,23,24,25). The minimum atomic E-state index is -0.511. The van der Waals surface area contributed by atoms with Crippen LogP contribution in [0.2, 0.25) is 0 Å². The molecule has 0 bridgehead atoms. The number of carbonyl (C=O) groups is 1. The summed E-state index contributed by atoms with van der Waals surface area (Å²) in [6, 6.07) is 5.31. The maximum atomic E-state index is 12.7. The number of fused-ring (bicyclic) bond motifs is 1. The van der Waals surface area contributed by atoms with Gasteiger partial charge in [-0.1, -0.05) is 24.2 Å². The molecule has 3 aromatic rings. The molecule has 0 fully saturated rings. The number of anilines is 1. The van der Waals surface area contributed by atoms with Gasteiger partial charge in [0.25, 0.3) is 11.9 Å². The lowest BCUT2D eigenvalue weighted by Crippen LogP contribution is -2.22. The molecule has 28 heavy (non-hydrogen) atoms. The number of H-pyrrole nitrogens is 1. The smallest absolute Gasteiger partial charge is 0.297 e. The van der Waals surface area contributed by atoms with Crippen LogP contribution < -0.4 is 14.8 Å². The third-order valence-electron chi connectivity index (χ3n) is 4.99. The summed E-state index contributed by atoms with van der Waals surface area (Å²) in [7, 11) is 1.59. The van der Waals surface area contributed by atoms with Gasteiger partial charge in [-0.05, 0) is 48.1 Å². The van der Waals surface area contributed by atoms with Crippen molar-refractivity contribution in [3.63, 3.8) is 0 Å². The first kappa shape index (κ1) is 18.0. The molecule has 1 aromatic carbocycles. The van der Waals surface area contributed by atoms with Gasteiger partial charge in [-0.3, -0.25) is 10.1 Å². The number of ether oxygens (including phenoxy) is 2. The molecule has 1 amide bonds. The molecule has 0 saturated carbocycles. The van der Waals surface area contributed by atoms with Gasteiger partial charge in [-0.15, -0.1) is 5.10 Å². The Morgan fingerprint density at radius 2 is 2.21 bits per heavy atom. The topological polar surface area (TPSA) is 115 Å². The van der Waals surface area contributed by atoms with E-state index in [0.29, 0.717) is 40.9 Å². The Hall–Kier alpha value is -3.36. The third-order valence-corrected chi connectivity index (χ3v) is 4.99. The van der Waals surface area contributed by atoms with Crippen molar-refractivity contribution in [1.29, 1.82) is 0 Å². The lowest BCUT2D eigenvalue weighted by molar-refractivity contribution is 0.0989. The van der Waals surface area contributed by atoms with E-state index in [1.54, 1.807) is 25.3 Å². The highest BCUT2D eigenvalue weighted by Gasteiger charge is 2.26. The molecule has 1 aliphatic rings. The maximum absolute atomic E-state index is 12.7. The van der Waals surface area contributed by atoms with Gasteiger partial charge in [-0.2, -0.15) is 5.21 Å². The highest BCUT2D eigenvalue weighted by Crippen LogP contribution is 2.37. The lowest BCUT2D eigenvalue weighted by atomic mass is 9.85. The maximum Gasteiger partial charge on any atom is 0.297 e.